The second kappa shape index (κ2) is 11.3. The highest BCUT2D eigenvalue weighted by Crippen LogP contribution is 2.27. The normalized spacial score (nSPS) is 21.1. The molecular formula is C25H33FN4O3. The monoisotopic (exact) mass is 456 g/mol. The Morgan fingerprint density at radius 2 is 1.82 bits per heavy atom. The second-order valence-corrected chi connectivity index (χ2v) is 9.02. The van der Waals surface area contributed by atoms with E-state index in [2.05, 4.69) is 5.10 Å². The summed E-state index contributed by atoms with van der Waals surface area (Å²) in [5, 5.41) is 4.18. The molecule has 8 heteroatoms. The van der Waals surface area contributed by atoms with Crippen LogP contribution in [0, 0.1) is 11.7 Å². The number of hydrogen-bond acceptors (Lipinski definition) is 4. The molecule has 2 aliphatic rings. The maximum atomic E-state index is 13.3. The van der Waals surface area contributed by atoms with Crippen molar-refractivity contribution in [3.8, 4) is 5.75 Å². The molecule has 0 spiro atoms. The minimum atomic E-state index is -0.310. The van der Waals surface area contributed by atoms with Gasteiger partial charge in [0.1, 0.15) is 17.7 Å². The molecule has 2 amide bonds. The van der Waals surface area contributed by atoms with Gasteiger partial charge in [0.2, 0.25) is 11.8 Å². The van der Waals surface area contributed by atoms with Crippen molar-refractivity contribution in [2.75, 3.05) is 26.2 Å². The van der Waals surface area contributed by atoms with Gasteiger partial charge in [-0.1, -0.05) is 0 Å². The number of aromatic nitrogens is 2. The van der Waals surface area contributed by atoms with E-state index < -0.39 is 0 Å². The number of halogens is 1. The maximum Gasteiger partial charge on any atom is 0.223 e. The number of aryl methyl sites for hydroxylation is 1. The van der Waals surface area contributed by atoms with Crippen LogP contribution in [0.15, 0.2) is 42.7 Å². The fourth-order valence-corrected chi connectivity index (χ4v) is 4.76. The first-order valence-electron chi connectivity index (χ1n) is 12.0. The van der Waals surface area contributed by atoms with E-state index in [0.717, 1.165) is 32.4 Å². The first kappa shape index (κ1) is 23.3. The molecule has 2 saturated heterocycles. The van der Waals surface area contributed by atoms with Crippen LogP contribution in [0.2, 0.25) is 0 Å². The van der Waals surface area contributed by atoms with Crippen LogP contribution in [0.4, 0.5) is 4.39 Å². The van der Waals surface area contributed by atoms with Crippen LogP contribution in [-0.4, -0.2) is 63.7 Å². The summed E-state index contributed by atoms with van der Waals surface area (Å²) in [6.07, 6.45) is 8.91. The predicted octanol–water partition coefficient (Wildman–Crippen LogP) is 3.50. The fourth-order valence-electron chi connectivity index (χ4n) is 4.76. The number of ether oxygens (including phenoxy) is 1. The molecule has 0 bridgehead atoms. The number of rotatable bonds is 8. The Kier molecular flexibility index (Phi) is 7.96. The molecule has 0 radical (unpaired) electrons. The van der Waals surface area contributed by atoms with Gasteiger partial charge >= 0.3 is 0 Å². The van der Waals surface area contributed by atoms with Gasteiger partial charge in [-0.25, -0.2) is 4.39 Å². The third-order valence-corrected chi connectivity index (χ3v) is 6.60. The van der Waals surface area contributed by atoms with Gasteiger partial charge in [0.15, 0.2) is 0 Å². The average Bonchev–Trinajstić information content (AvgIpc) is 3.35. The lowest BCUT2D eigenvalue weighted by molar-refractivity contribution is -0.139. The van der Waals surface area contributed by atoms with E-state index in [0.29, 0.717) is 44.6 Å². The molecule has 0 N–H and O–H groups in total. The van der Waals surface area contributed by atoms with Gasteiger partial charge in [-0.3, -0.25) is 14.3 Å². The summed E-state index contributed by atoms with van der Waals surface area (Å²) in [4.78, 5) is 29.7. The van der Waals surface area contributed by atoms with Gasteiger partial charge < -0.3 is 14.5 Å². The molecule has 1 aromatic carbocycles. The zero-order valence-electron chi connectivity index (χ0n) is 19.1. The number of benzene rings is 1. The number of piperidine rings is 2. The molecule has 7 nitrogen and oxygen atoms in total. The highest BCUT2D eigenvalue weighted by atomic mass is 19.1. The molecule has 3 heterocycles. The number of likely N-dealkylation sites (tertiary alicyclic amines) is 2. The van der Waals surface area contributed by atoms with Gasteiger partial charge in [-0.05, 0) is 56.0 Å². The van der Waals surface area contributed by atoms with E-state index in [-0.39, 0.29) is 29.7 Å². The molecule has 2 fully saturated rings. The van der Waals surface area contributed by atoms with E-state index in [1.165, 1.54) is 18.6 Å². The Labute approximate surface area is 194 Å². The van der Waals surface area contributed by atoms with Crippen molar-refractivity contribution in [2.24, 2.45) is 5.92 Å². The van der Waals surface area contributed by atoms with Crippen LogP contribution < -0.4 is 4.74 Å². The number of amides is 2. The van der Waals surface area contributed by atoms with E-state index in [9.17, 15) is 14.0 Å². The molecule has 2 atom stereocenters. The Hall–Kier alpha value is -2.90. The van der Waals surface area contributed by atoms with Crippen molar-refractivity contribution < 1.29 is 18.7 Å². The van der Waals surface area contributed by atoms with Crippen LogP contribution in [-0.2, 0) is 16.1 Å². The van der Waals surface area contributed by atoms with Gasteiger partial charge in [-0.2, -0.15) is 5.10 Å². The van der Waals surface area contributed by atoms with E-state index in [1.54, 1.807) is 18.3 Å². The molecule has 33 heavy (non-hydrogen) atoms. The van der Waals surface area contributed by atoms with E-state index in [1.807, 2.05) is 26.7 Å². The molecule has 2 aliphatic heterocycles. The predicted molar refractivity (Wildman–Crippen MR) is 122 cm³/mol. The molecular weight excluding hydrogens is 423 g/mol. The SMILES string of the molecule is O=C(C[C@H]1CN(C(=O)CCCn2cccn2)CC[C@@H]1Oc1ccc(F)cc1)N1CCCCC1. The largest absolute Gasteiger partial charge is 0.490 e. The van der Waals surface area contributed by atoms with Crippen LogP contribution >= 0.6 is 0 Å². The van der Waals surface area contributed by atoms with E-state index >= 15 is 0 Å². The summed E-state index contributed by atoms with van der Waals surface area (Å²) < 4.78 is 21.3. The zero-order valence-corrected chi connectivity index (χ0v) is 19.1. The average molecular weight is 457 g/mol. The molecule has 178 valence electrons. The summed E-state index contributed by atoms with van der Waals surface area (Å²) in [6.45, 7) is 3.43. The zero-order chi connectivity index (χ0) is 23.0. The Balaban J connectivity index is 1.37. The molecule has 2 aromatic rings. The number of hydrogen-bond donors (Lipinski definition) is 0. The minimum Gasteiger partial charge on any atom is -0.490 e. The van der Waals surface area contributed by atoms with Crippen molar-refractivity contribution >= 4 is 11.8 Å². The smallest absolute Gasteiger partial charge is 0.223 e. The molecule has 0 unspecified atom stereocenters. The van der Waals surface area contributed by atoms with Crippen molar-refractivity contribution in [3.63, 3.8) is 0 Å². The van der Waals surface area contributed by atoms with Crippen LogP contribution in [0.3, 0.4) is 0 Å². The Bertz CT molecular complexity index is 897. The lowest BCUT2D eigenvalue weighted by atomic mass is 9.90. The van der Waals surface area contributed by atoms with Gasteiger partial charge in [-0.15, -0.1) is 0 Å². The summed E-state index contributed by atoms with van der Waals surface area (Å²) in [7, 11) is 0. The van der Waals surface area contributed by atoms with Crippen molar-refractivity contribution in [3.05, 3.63) is 48.5 Å². The number of carbonyl (C=O) groups excluding carboxylic acids is 2. The van der Waals surface area contributed by atoms with Crippen molar-refractivity contribution in [2.45, 2.75) is 57.6 Å². The summed E-state index contributed by atoms with van der Waals surface area (Å²) in [6, 6.07) is 7.86. The van der Waals surface area contributed by atoms with E-state index in [4.69, 9.17) is 4.74 Å². The first-order valence-corrected chi connectivity index (χ1v) is 12.0. The summed E-state index contributed by atoms with van der Waals surface area (Å²) >= 11 is 0. The highest BCUT2D eigenvalue weighted by Gasteiger charge is 2.35. The third-order valence-electron chi connectivity index (χ3n) is 6.60. The number of nitrogens with zero attached hydrogens (tertiary/aromatic N) is 4. The lowest BCUT2D eigenvalue weighted by Crippen LogP contribution is -2.49. The molecule has 1 aromatic heterocycles. The molecule has 0 saturated carbocycles. The topological polar surface area (TPSA) is 67.7 Å². The van der Waals surface area contributed by atoms with Gasteiger partial charge in [0, 0.05) is 70.3 Å². The first-order chi connectivity index (χ1) is 16.1. The Morgan fingerprint density at radius 1 is 1.03 bits per heavy atom. The molecule has 0 aliphatic carbocycles. The second-order valence-electron chi connectivity index (χ2n) is 9.02. The molecule has 4 rings (SSSR count). The van der Waals surface area contributed by atoms with Gasteiger partial charge in [0.05, 0.1) is 0 Å². The van der Waals surface area contributed by atoms with Crippen LogP contribution in [0.5, 0.6) is 5.75 Å². The van der Waals surface area contributed by atoms with Crippen LogP contribution in [0.25, 0.3) is 0 Å². The summed E-state index contributed by atoms with van der Waals surface area (Å²) in [5.41, 5.74) is 0. The number of carbonyl (C=O) groups is 2. The minimum absolute atomic E-state index is 0.0895. The third kappa shape index (κ3) is 6.55. The Morgan fingerprint density at radius 3 is 2.55 bits per heavy atom. The fraction of sp³-hybridized carbons (Fsp3) is 0.560. The van der Waals surface area contributed by atoms with Crippen molar-refractivity contribution in [1.82, 2.24) is 19.6 Å². The lowest BCUT2D eigenvalue weighted by Gasteiger charge is -2.39. The van der Waals surface area contributed by atoms with Gasteiger partial charge in [0.25, 0.3) is 0 Å². The quantitative estimate of drug-likeness (QED) is 0.610. The van der Waals surface area contributed by atoms with Crippen molar-refractivity contribution in [1.29, 1.82) is 0 Å². The standard InChI is InChI=1S/C25H33FN4O3/c26-21-7-9-22(10-8-21)33-23-11-17-29(24(31)6-4-15-30-16-5-12-27-30)19-20(23)18-25(32)28-13-2-1-3-14-28/h5,7-10,12,16,20,23H,1-4,6,11,13-15,17-19H2/t20-,23-/m0/s1. The maximum absolute atomic E-state index is 13.3. The highest BCUT2D eigenvalue weighted by molar-refractivity contribution is 5.78. The van der Waals surface area contributed by atoms with Crippen LogP contribution in [0.1, 0.15) is 44.9 Å². The summed E-state index contributed by atoms with van der Waals surface area (Å²) in [5.74, 6) is 0.442.